The van der Waals surface area contributed by atoms with Crippen molar-refractivity contribution in [3.8, 4) is 0 Å². The van der Waals surface area contributed by atoms with Gasteiger partial charge in [0, 0.05) is 36.0 Å². The van der Waals surface area contributed by atoms with Gasteiger partial charge in [0.05, 0.1) is 7.11 Å². The summed E-state index contributed by atoms with van der Waals surface area (Å²) in [5.41, 5.74) is 4.33. The summed E-state index contributed by atoms with van der Waals surface area (Å²) in [4.78, 5) is 24.3. The van der Waals surface area contributed by atoms with Gasteiger partial charge in [-0.15, -0.1) is 0 Å². The molecule has 0 saturated carbocycles. The highest BCUT2D eigenvalue weighted by molar-refractivity contribution is 6.33. The van der Waals surface area contributed by atoms with Crippen molar-refractivity contribution < 1.29 is 14.3 Å². The third-order valence-electron chi connectivity index (χ3n) is 5.40. The Bertz CT molecular complexity index is 1160. The molecule has 0 N–H and O–H groups in total. The number of hydrogen-bond acceptors (Lipinski definition) is 3. The van der Waals surface area contributed by atoms with Gasteiger partial charge in [-0.3, -0.25) is 4.79 Å². The zero-order valence-corrected chi connectivity index (χ0v) is 16.8. The highest BCUT2D eigenvalue weighted by Gasteiger charge is 2.26. The third-order valence-corrected chi connectivity index (χ3v) is 5.40. The normalized spacial score (nSPS) is 11.9. The molecule has 0 radical (unpaired) electrons. The summed E-state index contributed by atoms with van der Waals surface area (Å²) in [6.07, 6.45) is 2.18. The van der Waals surface area contributed by atoms with E-state index in [2.05, 4.69) is 39.8 Å². The Morgan fingerprint density at radius 2 is 1.50 bits per heavy atom. The van der Waals surface area contributed by atoms with Crippen LogP contribution in [0.5, 0.6) is 0 Å². The van der Waals surface area contributed by atoms with Crippen LogP contribution in [-0.4, -0.2) is 23.4 Å². The van der Waals surface area contributed by atoms with Gasteiger partial charge in [-0.1, -0.05) is 78.9 Å². The van der Waals surface area contributed by atoms with Crippen molar-refractivity contribution in [3.63, 3.8) is 0 Å². The second-order valence-electron chi connectivity index (χ2n) is 7.30. The van der Waals surface area contributed by atoms with Crippen LogP contribution in [0.25, 0.3) is 10.9 Å². The van der Waals surface area contributed by atoms with Crippen LogP contribution in [0, 0.1) is 0 Å². The molecule has 150 valence electrons. The first kappa shape index (κ1) is 19.6. The summed E-state index contributed by atoms with van der Waals surface area (Å²) in [5, 5.41) is 1.08. The second-order valence-corrected chi connectivity index (χ2v) is 7.30. The molecule has 0 aliphatic rings. The molecule has 1 aromatic heterocycles. The fourth-order valence-corrected chi connectivity index (χ4v) is 3.94. The summed E-state index contributed by atoms with van der Waals surface area (Å²) < 4.78 is 6.87. The van der Waals surface area contributed by atoms with Gasteiger partial charge < -0.3 is 9.30 Å². The smallest absolute Gasteiger partial charge is 0.374 e. The summed E-state index contributed by atoms with van der Waals surface area (Å²) >= 11 is 0. The van der Waals surface area contributed by atoms with Crippen LogP contribution in [0.1, 0.15) is 29.0 Å². The summed E-state index contributed by atoms with van der Waals surface area (Å²) in [5.74, 6) is -1.56. The Hall–Kier alpha value is -3.66. The summed E-state index contributed by atoms with van der Waals surface area (Å²) in [6.45, 7) is 0.730. The molecule has 0 saturated heterocycles. The number of nitrogens with zero attached hydrogens (tertiary/aromatic N) is 1. The molecule has 30 heavy (non-hydrogen) atoms. The zero-order chi connectivity index (χ0) is 20.9. The SMILES string of the molecule is COC(=O)C(=O)C[C@H](c1ccccc1)c1cn(Cc2ccccc2)c2ccccc12. The molecule has 3 aromatic carbocycles. The molecule has 1 atom stereocenters. The number of benzene rings is 3. The van der Waals surface area contributed by atoms with E-state index in [4.69, 9.17) is 0 Å². The topological polar surface area (TPSA) is 48.3 Å². The van der Waals surface area contributed by atoms with E-state index in [0.29, 0.717) is 0 Å². The van der Waals surface area contributed by atoms with Crippen molar-refractivity contribution in [3.05, 3.63) is 108 Å². The van der Waals surface area contributed by atoms with Crippen LogP contribution in [-0.2, 0) is 20.9 Å². The van der Waals surface area contributed by atoms with Gasteiger partial charge in [-0.2, -0.15) is 0 Å². The monoisotopic (exact) mass is 397 g/mol. The molecule has 4 aromatic rings. The third kappa shape index (κ3) is 4.03. The van der Waals surface area contributed by atoms with Crippen LogP contribution in [0.2, 0.25) is 0 Å². The van der Waals surface area contributed by atoms with Crippen molar-refractivity contribution >= 4 is 22.7 Å². The van der Waals surface area contributed by atoms with Crippen LogP contribution in [0.4, 0.5) is 0 Å². The highest BCUT2D eigenvalue weighted by Crippen LogP contribution is 2.35. The number of fused-ring (bicyclic) bond motifs is 1. The molecule has 4 rings (SSSR count). The number of hydrogen-bond donors (Lipinski definition) is 0. The van der Waals surface area contributed by atoms with E-state index in [9.17, 15) is 9.59 Å². The van der Waals surface area contributed by atoms with Gasteiger partial charge in [0.25, 0.3) is 0 Å². The first-order valence-electron chi connectivity index (χ1n) is 9.95. The van der Waals surface area contributed by atoms with Gasteiger partial charge in [0.2, 0.25) is 5.78 Å². The average Bonchev–Trinajstić information content (AvgIpc) is 3.16. The number of carbonyl (C=O) groups is 2. The molecule has 0 spiro atoms. The van der Waals surface area contributed by atoms with Crippen LogP contribution in [0.3, 0.4) is 0 Å². The maximum Gasteiger partial charge on any atom is 0.374 e. The number of ether oxygens (including phenoxy) is 1. The van der Waals surface area contributed by atoms with E-state index < -0.39 is 11.8 Å². The highest BCUT2D eigenvalue weighted by atomic mass is 16.5. The Morgan fingerprint density at radius 3 is 2.20 bits per heavy atom. The quantitative estimate of drug-likeness (QED) is 0.327. The Balaban J connectivity index is 1.81. The van der Waals surface area contributed by atoms with E-state index in [1.165, 1.54) is 12.7 Å². The van der Waals surface area contributed by atoms with Crippen molar-refractivity contribution in [1.82, 2.24) is 4.57 Å². The fourth-order valence-electron chi connectivity index (χ4n) is 3.94. The minimum atomic E-state index is -0.802. The van der Waals surface area contributed by atoms with Crippen molar-refractivity contribution in [1.29, 1.82) is 0 Å². The molecule has 0 fully saturated rings. The average molecular weight is 397 g/mol. The molecule has 0 aliphatic carbocycles. The van der Waals surface area contributed by atoms with E-state index >= 15 is 0 Å². The molecule has 1 heterocycles. The number of rotatable bonds is 7. The minimum Gasteiger partial charge on any atom is -0.463 e. The number of para-hydroxylation sites is 1. The van der Waals surface area contributed by atoms with Crippen LogP contribution >= 0.6 is 0 Å². The first-order chi connectivity index (χ1) is 14.7. The number of methoxy groups -OCH3 is 1. The van der Waals surface area contributed by atoms with E-state index in [1.54, 1.807) is 0 Å². The molecule has 4 heteroatoms. The lowest BCUT2D eigenvalue weighted by molar-refractivity contribution is -0.151. The molecule has 0 bridgehead atoms. The molecular weight excluding hydrogens is 374 g/mol. The molecule has 4 nitrogen and oxygen atoms in total. The lowest BCUT2D eigenvalue weighted by Gasteiger charge is -2.16. The number of ketones is 1. The Labute approximate surface area is 175 Å². The van der Waals surface area contributed by atoms with Gasteiger partial charge in [0.1, 0.15) is 0 Å². The van der Waals surface area contributed by atoms with Crippen LogP contribution < -0.4 is 0 Å². The van der Waals surface area contributed by atoms with Gasteiger partial charge in [0.15, 0.2) is 0 Å². The number of carbonyl (C=O) groups excluding carboxylic acids is 2. The second kappa shape index (κ2) is 8.78. The predicted molar refractivity (Wildman–Crippen MR) is 117 cm³/mol. The largest absolute Gasteiger partial charge is 0.463 e. The standard InChI is InChI=1S/C26H23NO3/c1-30-26(29)25(28)16-22(20-12-6-3-7-13-20)23-18-27(17-19-10-4-2-5-11-19)24-15-9-8-14-21(23)24/h2-15,18,22H,16-17H2,1H3/t22-/m1/s1. The van der Waals surface area contributed by atoms with E-state index in [0.717, 1.165) is 28.6 Å². The maximum absolute atomic E-state index is 12.5. The van der Waals surface area contributed by atoms with Crippen LogP contribution in [0.15, 0.2) is 91.1 Å². The van der Waals surface area contributed by atoms with Gasteiger partial charge >= 0.3 is 5.97 Å². The summed E-state index contributed by atoms with van der Waals surface area (Å²) in [6, 6.07) is 28.3. The van der Waals surface area contributed by atoms with Crippen molar-refractivity contribution in [2.75, 3.05) is 7.11 Å². The maximum atomic E-state index is 12.5. The minimum absolute atomic E-state index is 0.0655. The summed E-state index contributed by atoms with van der Waals surface area (Å²) in [7, 11) is 1.24. The van der Waals surface area contributed by atoms with E-state index in [1.807, 2.05) is 60.7 Å². The Kier molecular flexibility index (Phi) is 5.75. The Morgan fingerprint density at radius 1 is 0.867 bits per heavy atom. The molecular formula is C26H23NO3. The van der Waals surface area contributed by atoms with E-state index in [-0.39, 0.29) is 12.3 Å². The zero-order valence-electron chi connectivity index (χ0n) is 16.8. The van der Waals surface area contributed by atoms with Crippen molar-refractivity contribution in [2.24, 2.45) is 0 Å². The lowest BCUT2D eigenvalue weighted by Crippen LogP contribution is -2.19. The number of esters is 1. The number of Topliss-reactive ketones (excluding diaryl/α,β-unsaturated/α-hetero) is 1. The molecule has 0 unspecified atom stereocenters. The first-order valence-corrected chi connectivity index (χ1v) is 9.95. The fraction of sp³-hybridized carbons (Fsp3) is 0.154. The molecule has 0 aliphatic heterocycles. The van der Waals surface area contributed by atoms with Gasteiger partial charge in [-0.25, -0.2) is 4.79 Å². The van der Waals surface area contributed by atoms with Gasteiger partial charge in [-0.05, 0) is 22.8 Å². The van der Waals surface area contributed by atoms with Crippen molar-refractivity contribution in [2.45, 2.75) is 18.9 Å². The lowest BCUT2D eigenvalue weighted by atomic mass is 9.87. The number of aromatic nitrogens is 1. The molecule has 0 amide bonds. The predicted octanol–water partition coefficient (Wildman–Crippen LogP) is 4.95.